The molecule has 0 radical (unpaired) electrons. The van der Waals surface area contributed by atoms with Crippen LogP contribution in [-0.2, 0) is 6.54 Å². The fraction of sp³-hybridized carbons (Fsp3) is 0.250. The van der Waals surface area contributed by atoms with Crippen molar-refractivity contribution in [2.24, 2.45) is 5.73 Å². The second-order valence-corrected chi connectivity index (χ2v) is 9.94. The number of aryl methyl sites for hydroxylation is 1. The summed E-state index contributed by atoms with van der Waals surface area (Å²) in [6.45, 7) is 6.96. The number of hydrogen-bond donors (Lipinski definition) is 2. The summed E-state index contributed by atoms with van der Waals surface area (Å²) < 4.78 is 3.93. The van der Waals surface area contributed by atoms with Gasteiger partial charge in [0.2, 0.25) is 0 Å². The summed E-state index contributed by atoms with van der Waals surface area (Å²) in [6.07, 6.45) is 3.88. The standard InChI is InChI=1S/C28H29N5O3/c1-18-14-24(26(29)34)30-33(18)23-8-9-25-21(15-23)10-12-31(25)17-19-4-6-20(7-5-19)22-11-13-32(27(35)36)28(2,3)16-22/h4-12,14-15H,13,16-17H2,1-3H3,(H2,29,34)(H,35,36). The van der Waals surface area contributed by atoms with E-state index in [1.807, 2.05) is 32.9 Å². The highest BCUT2D eigenvalue weighted by Gasteiger charge is 2.34. The van der Waals surface area contributed by atoms with Crippen molar-refractivity contribution in [3.63, 3.8) is 0 Å². The van der Waals surface area contributed by atoms with Crippen LogP contribution in [0.4, 0.5) is 4.79 Å². The molecule has 0 spiro atoms. The third kappa shape index (κ3) is 4.26. The summed E-state index contributed by atoms with van der Waals surface area (Å²) in [5.74, 6) is -0.541. The summed E-state index contributed by atoms with van der Waals surface area (Å²) in [4.78, 5) is 24.5. The molecule has 2 aromatic carbocycles. The fourth-order valence-corrected chi connectivity index (χ4v) is 4.97. The summed E-state index contributed by atoms with van der Waals surface area (Å²) in [5.41, 5.74) is 11.5. The molecule has 3 heterocycles. The first kappa shape index (κ1) is 23.4. The molecule has 3 N–H and O–H groups in total. The average Bonchev–Trinajstić information content (AvgIpc) is 3.41. The smallest absolute Gasteiger partial charge is 0.408 e. The van der Waals surface area contributed by atoms with Crippen molar-refractivity contribution in [3.05, 3.63) is 89.4 Å². The maximum absolute atomic E-state index is 11.5. The second-order valence-electron chi connectivity index (χ2n) is 9.94. The lowest BCUT2D eigenvalue weighted by Gasteiger charge is -2.40. The lowest BCUT2D eigenvalue weighted by molar-refractivity contribution is 0.0983. The third-order valence-electron chi connectivity index (χ3n) is 6.92. The molecule has 5 rings (SSSR count). The number of nitrogens with two attached hydrogens (primary N) is 1. The molecule has 184 valence electrons. The molecule has 0 saturated heterocycles. The van der Waals surface area contributed by atoms with Crippen LogP contribution >= 0.6 is 0 Å². The zero-order valence-corrected chi connectivity index (χ0v) is 20.6. The van der Waals surface area contributed by atoms with Crippen molar-refractivity contribution < 1.29 is 14.7 Å². The molecule has 1 aliphatic rings. The predicted octanol–water partition coefficient (Wildman–Crippen LogP) is 4.83. The van der Waals surface area contributed by atoms with E-state index in [-0.39, 0.29) is 5.69 Å². The number of carboxylic acid groups (broad SMARTS) is 1. The monoisotopic (exact) mass is 483 g/mol. The van der Waals surface area contributed by atoms with Crippen molar-refractivity contribution >= 4 is 28.5 Å². The first-order valence-corrected chi connectivity index (χ1v) is 11.9. The van der Waals surface area contributed by atoms with E-state index in [1.54, 1.807) is 10.7 Å². The largest absolute Gasteiger partial charge is 0.465 e. The van der Waals surface area contributed by atoms with Crippen LogP contribution in [0, 0.1) is 6.92 Å². The highest BCUT2D eigenvalue weighted by molar-refractivity contribution is 5.91. The Morgan fingerprint density at radius 1 is 1.08 bits per heavy atom. The Morgan fingerprint density at radius 3 is 2.47 bits per heavy atom. The molecule has 8 nitrogen and oxygen atoms in total. The van der Waals surface area contributed by atoms with Crippen molar-refractivity contribution in [2.75, 3.05) is 6.54 Å². The van der Waals surface area contributed by atoms with E-state index >= 15 is 0 Å². The zero-order chi connectivity index (χ0) is 25.6. The number of carbonyl (C=O) groups excluding carboxylic acids is 1. The fourth-order valence-electron chi connectivity index (χ4n) is 4.97. The molecule has 4 aromatic rings. The molecule has 0 saturated carbocycles. The molecule has 0 fully saturated rings. The highest BCUT2D eigenvalue weighted by atomic mass is 16.4. The quantitative estimate of drug-likeness (QED) is 0.424. The highest BCUT2D eigenvalue weighted by Crippen LogP contribution is 2.33. The number of fused-ring (bicyclic) bond motifs is 1. The summed E-state index contributed by atoms with van der Waals surface area (Å²) in [6, 6.07) is 18.4. The number of amides is 2. The minimum atomic E-state index is -0.883. The molecule has 8 heteroatoms. The van der Waals surface area contributed by atoms with Crippen LogP contribution in [0.3, 0.4) is 0 Å². The lowest BCUT2D eigenvalue weighted by Crippen LogP contribution is -2.49. The van der Waals surface area contributed by atoms with E-state index in [9.17, 15) is 14.7 Å². The molecule has 0 bridgehead atoms. The van der Waals surface area contributed by atoms with Gasteiger partial charge in [-0.3, -0.25) is 9.69 Å². The SMILES string of the molecule is Cc1cc(C(N)=O)nn1-c1ccc2c(ccn2Cc2ccc(C3=CCN(C(=O)O)C(C)(C)C3)cc2)c1. The molecule has 1 aliphatic heterocycles. The predicted molar refractivity (Wildman–Crippen MR) is 139 cm³/mol. The zero-order valence-electron chi connectivity index (χ0n) is 20.6. The van der Waals surface area contributed by atoms with Gasteiger partial charge in [0, 0.05) is 41.4 Å². The molecule has 36 heavy (non-hydrogen) atoms. The van der Waals surface area contributed by atoms with E-state index in [4.69, 9.17) is 5.73 Å². The Kier molecular flexibility index (Phi) is 5.67. The Bertz CT molecular complexity index is 1510. The summed E-state index contributed by atoms with van der Waals surface area (Å²) in [5, 5.41) is 14.9. The van der Waals surface area contributed by atoms with Gasteiger partial charge in [-0.25, -0.2) is 9.48 Å². The average molecular weight is 484 g/mol. The molecular formula is C28H29N5O3. The van der Waals surface area contributed by atoms with E-state index in [0.29, 0.717) is 13.0 Å². The van der Waals surface area contributed by atoms with Gasteiger partial charge in [0.25, 0.3) is 5.91 Å². The van der Waals surface area contributed by atoms with Gasteiger partial charge in [0.15, 0.2) is 5.69 Å². The number of nitrogens with zero attached hydrogens (tertiary/aromatic N) is 4. The van der Waals surface area contributed by atoms with Crippen LogP contribution in [0.15, 0.2) is 66.9 Å². The normalized spacial score (nSPS) is 15.2. The van der Waals surface area contributed by atoms with Crippen LogP contribution in [0.5, 0.6) is 0 Å². The first-order valence-electron chi connectivity index (χ1n) is 11.9. The van der Waals surface area contributed by atoms with Gasteiger partial charge >= 0.3 is 6.09 Å². The van der Waals surface area contributed by atoms with Crippen LogP contribution in [0.1, 0.15) is 47.6 Å². The maximum Gasteiger partial charge on any atom is 0.408 e. The number of primary amides is 1. The van der Waals surface area contributed by atoms with Gasteiger partial charge in [-0.2, -0.15) is 5.10 Å². The Balaban J connectivity index is 1.35. The second kappa shape index (κ2) is 8.71. The molecule has 0 atom stereocenters. The van der Waals surface area contributed by atoms with E-state index in [2.05, 4.69) is 58.3 Å². The van der Waals surface area contributed by atoms with E-state index in [0.717, 1.165) is 34.4 Å². The lowest BCUT2D eigenvalue weighted by atomic mass is 9.86. The molecule has 0 unspecified atom stereocenters. The summed E-state index contributed by atoms with van der Waals surface area (Å²) >= 11 is 0. The molecular weight excluding hydrogens is 454 g/mol. The van der Waals surface area contributed by atoms with E-state index < -0.39 is 17.5 Å². The van der Waals surface area contributed by atoms with Crippen molar-refractivity contribution in [2.45, 2.75) is 39.3 Å². The number of hydrogen-bond acceptors (Lipinski definition) is 3. The minimum Gasteiger partial charge on any atom is -0.465 e. The first-order chi connectivity index (χ1) is 17.1. The van der Waals surface area contributed by atoms with Crippen molar-refractivity contribution in [1.82, 2.24) is 19.2 Å². The van der Waals surface area contributed by atoms with Crippen LogP contribution in [-0.4, -0.2) is 48.4 Å². The topological polar surface area (TPSA) is 106 Å². The molecule has 2 aromatic heterocycles. The van der Waals surface area contributed by atoms with E-state index in [1.165, 1.54) is 16.0 Å². The van der Waals surface area contributed by atoms with Gasteiger partial charge in [-0.15, -0.1) is 0 Å². The summed E-state index contributed by atoms with van der Waals surface area (Å²) in [7, 11) is 0. The van der Waals surface area contributed by atoms with Gasteiger partial charge in [-0.05, 0) is 74.2 Å². The van der Waals surface area contributed by atoms with Crippen molar-refractivity contribution in [3.8, 4) is 5.69 Å². The Hall–Kier alpha value is -4.33. The number of benzene rings is 2. The van der Waals surface area contributed by atoms with Crippen LogP contribution in [0.25, 0.3) is 22.2 Å². The van der Waals surface area contributed by atoms with Crippen LogP contribution < -0.4 is 5.73 Å². The van der Waals surface area contributed by atoms with Gasteiger partial charge in [0.05, 0.1) is 5.69 Å². The van der Waals surface area contributed by atoms with Gasteiger partial charge < -0.3 is 15.4 Å². The molecule has 2 amide bonds. The third-order valence-corrected chi connectivity index (χ3v) is 6.92. The van der Waals surface area contributed by atoms with Gasteiger partial charge in [0.1, 0.15) is 0 Å². The van der Waals surface area contributed by atoms with Gasteiger partial charge in [-0.1, -0.05) is 30.3 Å². The minimum absolute atomic E-state index is 0.250. The molecule has 0 aliphatic carbocycles. The number of rotatable bonds is 5. The van der Waals surface area contributed by atoms with Crippen molar-refractivity contribution in [1.29, 1.82) is 0 Å². The van der Waals surface area contributed by atoms with Crippen LogP contribution in [0.2, 0.25) is 0 Å². The Labute approximate surface area is 209 Å². The maximum atomic E-state index is 11.5. The number of carbonyl (C=O) groups is 2. The number of aromatic nitrogens is 3. The Morgan fingerprint density at radius 2 is 1.83 bits per heavy atom.